The standard InChI is InChI=1S/C18H17FO8/c1-17(2)24-13(20)11(14(21)25-17)8-5-6-9(10(19)7-8)12-15(22)26-18(3,4)27-16(12)23/h5-8,11H,1-4H3. The van der Waals surface area contributed by atoms with Crippen LogP contribution in [0.3, 0.4) is 0 Å². The number of carbonyl (C=O) groups is 4. The molecule has 3 aliphatic rings. The van der Waals surface area contributed by atoms with Gasteiger partial charge in [-0.1, -0.05) is 12.2 Å². The average Bonchev–Trinajstić information content (AvgIpc) is 2.45. The van der Waals surface area contributed by atoms with Crippen molar-refractivity contribution in [1.29, 1.82) is 0 Å². The van der Waals surface area contributed by atoms with Crippen molar-refractivity contribution >= 4 is 23.9 Å². The Hall–Kier alpha value is -2.97. The Morgan fingerprint density at radius 2 is 1.33 bits per heavy atom. The number of allylic oxidation sites excluding steroid dienone is 5. The van der Waals surface area contributed by atoms with Crippen LogP contribution in [0.4, 0.5) is 4.39 Å². The molecule has 0 saturated carbocycles. The van der Waals surface area contributed by atoms with Gasteiger partial charge in [-0.05, 0) is 6.08 Å². The Morgan fingerprint density at radius 1 is 0.852 bits per heavy atom. The van der Waals surface area contributed by atoms with Gasteiger partial charge in [0.05, 0.1) is 0 Å². The highest BCUT2D eigenvalue weighted by Crippen LogP contribution is 2.36. The molecule has 1 atom stereocenters. The van der Waals surface area contributed by atoms with Gasteiger partial charge in [-0.25, -0.2) is 14.0 Å². The van der Waals surface area contributed by atoms with Crippen LogP contribution in [0.25, 0.3) is 0 Å². The van der Waals surface area contributed by atoms with E-state index in [0.717, 1.165) is 12.2 Å². The van der Waals surface area contributed by atoms with Crippen LogP contribution in [0.5, 0.6) is 0 Å². The quantitative estimate of drug-likeness (QED) is 0.292. The Morgan fingerprint density at radius 3 is 1.81 bits per heavy atom. The number of rotatable bonds is 1. The van der Waals surface area contributed by atoms with Gasteiger partial charge in [0.1, 0.15) is 5.83 Å². The summed E-state index contributed by atoms with van der Waals surface area (Å²) in [6.07, 6.45) is 3.36. The summed E-state index contributed by atoms with van der Waals surface area (Å²) in [5.74, 6) is -10.0. The van der Waals surface area contributed by atoms with Crippen molar-refractivity contribution in [2.75, 3.05) is 0 Å². The summed E-state index contributed by atoms with van der Waals surface area (Å²) in [4.78, 5) is 48.4. The zero-order valence-corrected chi connectivity index (χ0v) is 15.0. The third kappa shape index (κ3) is 3.49. The maximum atomic E-state index is 14.6. The fourth-order valence-electron chi connectivity index (χ4n) is 2.93. The lowest BCUT2D eigenvalue weighted by Gasteiger charge is -2.35. The highest BCUT2D eigenvalue weighted by molar-refractivity contribution is 6.17. The molecule has 2 aliphatic heterocycles. The Labute approximate surface area is 153 Å². The molecule has 0 aromatic heterocycles. The minimum absolute atomic E-state index is 0.352. The highest BCUT2D eigenvalue weighted by Gasteiger charge is 2.47. The number of ether oxygens (including phenoxy) is 4. The van der Waals surface area contributed by atoms with Crippen LogP contribution in [-0.2, 0) is 38.1 Å². The molecular weight excluding hydrogens is 363 g/mol. The van der Waals surface area contributed by atoms with Crippen LogP contribution in [0.2, 0.25) is 0 Å². The molecule has 0 bridgehead atoms. The first-order chi connectivity index (χ1) is 12.4. The Kier molecular flexibility index (Phi) is 4.21. The van der Waals surface area contributed by atoms with Gasteiger partial charge >= 0.3 is 23.9 Å². The van der Waals surface area contributed by atoms with Crippen LogP contribution in [0.1, 0.15) is 27.7 Å². The van der Waals surface area contributed by atoms with Crippen LogP contribution in [0.15, 0.2) is 35.2 Å². The smallest absolute Gasteiger partial charge is 0.349 e. The predicted octanol–water partition coefficient (Wildman–Crippen LogP) is 1.61. The summed E-state index contributed by atoms with van der Waals surface area (Å²) in [6, 6.07) is 0. The zero-order chi connectivity index (χ0) is 20.1. The largest absolute Gasteiger partial charge is 0.422 e. The lowest BCUT2D eigenvalue weighted by Crippen LogP contribution is -2.48. The van der Waals surface area contributed by atoms with Gasteiger partial charge < -0.3 is 18.9 Å². The molecule has 0 radical (unpaired) electrons. The molecule has 0 amide bonds. The fourth-order valence-corrected chi connectivity index (χ4v) is 2.93. The van der Waals surface area contributed by atoms with Crippen LogP contribution >= 0.6 is 0 Å². The maximum absolute atomic E-state index is 14.6. The first-order valence-corrected chi connectivity index (χ1v) is 8.13. The highest BCUT2D eigenvalue weighted by atomic mass is 19.1. The van der Waals surface area contributed by atoms with E-state index in [1.165, 1.54) is 33.8 Å². The third-order valence-corrected chi connectivity index (χ3v) is 4.02. The van der Waals surface area contributed by atoms with E-state index in [2.05, 4.69) is 0 Å². The minimum Gasteiger partial charge on any atom is -0.422 e. The van der Waals surface area contributed by atoms with E-state index in [4.69, 9.17) is 18.9 Å². The number of hydrogen-bond donors (Lipinski definition) is 0. The Bertz CT molecular complexity index is 803. The van der Waals surface area contributed by atoms with Crippen LogP contribution in [0, 0.1) is 11.8 Å². The van der Waals surface area contributed by atoms with E-state index in [9.17, 15) is 23.6 Å². The molecule has 1 aliphatic carbocycles. The van der Waals surface area contributed by atoms with Gasteiger partial charge in [0.15, 0.2) is 11.5 Å². The predicted molar refractivity (Wildman–Crippen MR) is 84.9 cm³/mol. The van der Waals surface area contributed by atoms with E-state index >= 15 is 0 Å². The molecule has 144 valence electrons. The summed E-state index contributed by atoms with van der Waals surface area (Å²) in [5.41, 5.74) is -0.956. The summed E-state index contributed by atoms with van der Waals surface area (Å²) < 4.78 is 34.5. The van der Waals surface area contributed by atoms with E-state index in [-0.39, 0.29) is 5.57 Å². The lowest BCUT2D eigenvalue weighted by atomic mass is 9.85. The van der Waals surface area contributed by atoms with Crippen LogP contribution < -0.4 is 0 Å². The second-order valence-electron chi connectivity index (χ2n) is 7.14. The third-order valence-electron chi connectivity index (χ3n) is 4.02. The molecular formula is C18H17FO8. The number of halogens is 1. The van der Waals surface area contributed by atoms with Crippen molar-refractivity contribution in [3.8, 4) is 0 Å². The molecule has 0 N–H and O–H groups in total. The van der Waals surface area contributed by atoms with E-state index < -0.39 is 58.7 Å². The minimum atomic E-state index is -1.46. The molecule has 0 spiro atoms. The monoisotopic (exact) mass is 380 g/mol. The number of hydrogen-bond acceptors (Lipinski definition) is 8. The molecule has 2 fully saturated rings. The van der Waals surface area contributed by atoms with Crippen molar-refractivity contribution in [2.24, 2.45) is 11.8 Å². The number of esters is 4. The summed E-state index contributed by atoms with van der Waals surface area (Å²) in [6.45, 7) is 5.53. The molecule has 3 rings (SSSR count). The summed E-state index contributed by atoms with van der Waals surface area (Å²) in [5, 5.41) is 0. The topological polar surface area (TPSA) is 105 Å². The second-order valence-corrected chi connectivity index (χ2v) is 7.14. The molecule has 27 heavy (non-hydrogen) atoms. The maximum Gasteiger partial charge on any atom is 0.349 e. The normalized spacial score (nSPS) is 27.4. The molecule has 1 unspecified atom stereocenters. The first-order valence-electron chi connectivity index (χ1n) is 8.13. The molecule has 2 saturated heterocycles. The molecule has 2 heterocycles. The van der Waals surface area contributed by atoms with Crippen molar-refractivity contribution in [3.63, 3.8) is 0 Å². The lowest BCUT2D eigenvalue weighted by molar-refractivity contribution is -0.241. The fraction of sp³-hybridized carbons (Fsp3) is 0.444. The van der Waals surface area contributed by atoms with Crippen molar-refractivity contribution in [3.05, 3.63) is 35.2 Å². The SMILES string of the molecule is CC1(C)OC(=O)C(=C2C=CC(C3C(=O)OC(C)(C)OC3=O)C=C2F)C(=O)O1. The summed E-state index contributed by atoms with van der Waals surface area (Å²) in [7, 11) is 0. The van der Waals surface area contributed by atoms with Crippen LogP contribution in [-0.4, -0.2) is 35.5 Å². The van der Waals surface area contributed by atoms with Gasteiger partial charge in [-0.2, -0.15) is 0 Å². The second kappa shape index (κ2) is 6.04. The molecule has 0 aromatic carbocycles. The van der Waals surface area contributed by atoms with Gasteiger partial charge in [0, 0.05) is 39.2 Å². The molecule has 0 aromatic rings. The summed E-state index contributed by atoms with van der Waals surface area (Å²) >= 11 is 0. The zero-order valence-electron chi connectivity index (χ0n) is 15.0. The molecule has 8 nitrogen and oxygen atoms in total. The van der Waals surface area contributed by atoms with Gasteiger partial charge in [0.2, 0.25) is 0 Å². The van der Waals surface area contributed by atoms with Crippen molar-refractivity contribution in [1.82, 2.24) is 0 Å². The first kappa shape index (κ1) is 18.8. The van der Waals surface area contributed by atoms with Gasteiger partial charge in [0.25, 0.3) is 11.6 Å². The van der Waals surface area contributed by atoms with Crippen molar-refractivity contribution in [2.45, 2.75) is 39.3 Å². The van der Waals surface area contributed by atoms with E-state index in [1.54, 1.807) is 0 Å². The number of cyclic esters (lactones) is 4. The average molecular weight is 380 g/mol. The molecule has 9 heteroatoms. The van der Waals surface area contributed by atoms with Crippen molar-refractivity contribution < 1.29 is 42.5 Å². The van der Waals surface area contributed by atoms with Gasteiger partial charge in [-0.15, -0.1) is 0 Å². The van der Waals surface area contributed by atoms with E-state index in [1.807, 2.05) is 0 Å². The van der Waals surface area contributed by atoms with E-state index in [0.29, 0.717) is 0 Å². The van der Waals surface area contributed by atoms with Gasteiger partial charge in [-0.3, -0.25) is 9.59 Å². The number of carbonyl (C=O) groups excluding carboxylic acids is 4. The Balaban J connectivity index is 1.90.